The molecule has 0 amide bonds. The van der Waals surface area contributed by atoms with E-state index in [0.29, 0.717) is 0 Å². The van der Waals surface area contributed by atoms with Crippen molar-refractivity contribution in [1.29, 1.82) is 0 Å². The molecule has 290 valence electrons. The summed E-state index contributed by atoms with van der Waals surface area (Å²) in [5, 5.41) is 38.1. The Balaban J connectivity index is -0.0000000629. The van der Waals surface area contributed by atoms with Crippen LogP contribution in [0.3, 0.4) is 0 Å². The summed E-state index contributed by atoms with van der Waals surface area (Å²) < 4.78 is 8.06. The van der Waals surface area contributed by atoms with E-state index in [1.807, 2.05) is 72.8 Å². The SMILES string of the molecule is O.O.O.O.O.O=C([O-])COCC(=O)[O-].O=C([O-])COCC(=O)[O-].[Co+2].[Co+2].[OH3+].[OH3+].c1ccc(-c2ccccn2)nc1.c1ccc(-c2ccccn2)nc1. The monoisotopic (exact) mass is 822 g/mol. The molecule has 21 nitrogen and oxygen atoms in total. The summed E-state index contributed by atoms with van der Waals surface area (Å²) in [6.45, 7) is -2.86. The number of aliphatic carboxylic acids is 4. The predicted octanol–water partition coefficient (Wildman–Crippen LogP) is -8.68. The third-order valence-electron chi connectivity index (χ3n) is 4.06. The fourth-order valence-electron chi connectivity index (χ4n) is 2.49. The van der Waals surface area contributed by atoms with Crippen molar-refractivity contribution < 1.29 is 121 Å². The number of carbonyl (C=O) groups excluding carboxylic acids is 4. The van der Waals surface area contributed by atoms with Crippen LogP contribution in [-0.4, -0.2) is 97.6 Å². The number of nitrogens with zero attached hydrogens (tertiary/aromatic N) is 4. The van der Waals surface area contributed by atoms with Gasteiger partial charge in [-0.2, -0.15) is 0 Å². The zero-order valence-electron chi connectivity index (χ0n) is 26.3. The quantitative estimate of drug-likeness (QED) is 0.134. The molecule has 0 aliphatic carbocycles. The fraction of sp³-hybridized carbons (Fsp3) is 0.143. The molecule has 0 unspecified atom stereocenters. The summed E-state index contributed by atoms with van der Waals surface area (Å²) in [4.78, 5) is 54.9. The van der Waals surface area contributed by atoms with Gasteiger partial charge in [-0.25, -0.2) is 0 Å². The van der Waals surface area contributed by atoms with Crippen molar-refractivity contribution in [3.8, 4) is 22.8 Å². The minimum Gasteiger partial charge on any atom is -0.548 e. The fourth-order valence-corrected chi connectivity index (χ4v) is 2.49. The van der Waals surface area contributed by atoms with Crippen molar-refractivity contribution in [2.75, 3.05) is 26.4 Å². The van der Waals surface area contributed by atoms with Gasteiger partial charge in [0.1, 0.15) is 0 Å². The first-order valence-corrected chi connectivity index (χ1v) is 11.8. The van der Waals surface area contributed by atoms with Gasteiger partial charge in [-0.1, -0.05) is 24.3 Å². The number of hydrogen-bond acceptors (Lipinski definition) is 14. The number of hydrogen-bond donors (Lipinski definition) is 0. The van der Waals surface area contributed by atoms with Crippen LogP contribution < -0.4 is 20.4 Å². The van der Waals surface area contributed by atoms with Crippen LogP contribution >= 0.6 is 0 Å². The molecule has 16 N–H and O–H groups in total. The molecule has 2 radical (unpaired) electrons. The van der Waals surface area contributed by atoms with Crippen molar-refractivity contribution >= 4 is 23.9 Å². The maximum atomic E-state index is 9.53. The van der Waals surface area contributed by atoms with Gasteiger partial charge in [-0.3, -0.25) is 19.9 Å². The van der Waals surface area contributed by atoms with E-state index >= 15 is 0 Å². The van der Waals surface area contributed by atoms with Gasteiger partial charge < -0.3 is 87.4 Å². The van der Waals surface area contributed by atoms with Gasteiger partial charge in [0, 0.05) is 24.8 Å². The number of carboxylic acids is 4. The average molecular weight is 823 g/mol. The van der Waals surface area contributed by atoms with Crippen molar-refractivity contribution in [3.05, 3.63) is 97.6 Å². The molecule has 0 aliphatic heterocycles. The Morgan fingerprint density at radius 3 is 0.706 bits per heavy atom. The summed E-state index contributed by atoms with van der Waals surface area (Å²) in [5.74, 6) is -5.79. The van der Waals surface area contributed by atoms with Crippen LogP contribution in [0.15, 0.2) is 97.6 Å². The number of ether oxygens (including phenoxy) is 2. The smallest absolute Gasteiger partial charge is 0.548 e. The second kappa shape index (κ2) is 43.2. The minimum atomic E-state index is -1.45. The molecule has 0 aliphatic rings. The normalized spacial score (nSPS) is 7.69. The average Bonchev–Trinajstić information content (AvgIpc) is 2.99. The van der Waals surface area contributed by atoms with Gasteiger partial charge in [0.25, 0.3) is 0 Å². The van der Waals surface area contributed by atoms with E-state index in [1.54, 1.807) is 24.8 Å². The summed E-state index contributed by atoms with van der Waals surface area (Å²) in [6, 6.07) is 23.2. The molecule has 4 aromatic heterocycles. The van der Waals surface area contributed by atoms with Crippen molar-refractivity contribution in [2.24, 2.45) is 0 Å². The summed E-state index contributed by atoms with van der Waals surface area (Å²) in [5.41, 5.74) is 3.66. The van der Waals surface area contributed by atoms with Crippen LogP contribution in [0.5, 0.6) is 0 Å². The van der Waals surface area contributed by atoms with Crippen molar-refractivity contribution in [1.82, 2.24) is 19.9 Å². The van der Waals surface area contributed by atoms with Gasteiger partial charge in [-0.15, -0.1) is 0 Å². The van der Waals surface area contributed by atoms with Gasteiger partial charge in [-0.05, 0) is 48.5 Å². The van der Waals surface area contributed by atoms with E-state index in [1.165, 1.54) is 0 Å². The van der Waals surface area contributed by atoms with Crippen molar-refractivity contribution in [3.63, 3.8) is 0 Å². The number of carboxylic acid groups (broad SMARTS) is 4. The number of aromatic nitrogens is 4. The summed E-state index contributed by atoms with van der Waals surface area (Å²) in [6.07, 6.45) is 7.07. The molecule has 0 bridgehead atoms. The standard InChI is InChI=1S/2C10H8N2.2C4H6O5.2Co.7H2O/c2*1-3-7-11-9(5-1)10-6-2-4-8-12-10;2*5-3(6)1-9-2-4(7)8;;;;;;;;;/h2*1-8H;2*1-2H2,(H,5,6)(H,7,8);;;7*1H2/q;;;;2*+2;;;;;;;/p-2. The summed E-state index contributed by atoms with van der Waals surface area (Å²) >= 11 is 0. The zero-order valence-corrected chi connectivity index (χ0v) is 28.3. The van der Waals surface area contributed by atoms with Gasteiger partial charge in [0.15, 0.2) is 0 Å². The summed E-state index contributed by atoms with van der Waals surface area (Å²) in [7, 11) is 0. The van der Waals surface area contributed by atoms with Crippen LogP contribution in [0.4, 0.5) is 0 Å². The van der Waals surface area contributed by atoms with E-state index in [9.17, 15) is 39.6 Å². The molecule has 0 aromatic carbocycles. The predicted molar refractivity (Wildman–Crippen MR) is 164 cm³/mol. The van der Waals surface area contributed by atoms with E-state index in [4.69, 9.17) is 0 Å². The Hall–Kier alpha value is -4.87. The third kappa shape index (κ3) is 37.8. The van der Waals surface area contributed by atoms with E-state index < -0.39 is 50.3 Å². The van der Waals surface area contributed by atoms with E-state index in [0.717, 1.165) is 22.8 Å². The molecular weight excluding hydrogens is 782 g/mol. The molecule has 0 spiro atoms. The Morgan fingerprint density at radius 2 is 0.588 bits per heavy atom. The molecule has 0 fully saturated rings. The minimum absolute atomic E-state index is 0. The van der Waals surface area contributed by atoms with E-state index in [2.05, 4.69) is 29.4 Å². The largest absolute Gasteiger partial charge is 2.00 e. The topological polar surface area (TPSA) is 454 Å². The first-order valence-electron chi connectivity index (χ1n) is 11.8. The van der Waals surface area contributed by atoms with Gasteiger partial charge in [0.05, 0.1) is 73.1 Å². The molecule has 51 heavy (non-hydrogen) atoms. The van der Waals surface area contributed by atoms with Crippen LogP contribution in [0.2, 0.25) is 0 Å². The zero-order chi connectivity index (χ0) is 31.0. The number of rotatable bonds is 10. The Morgan fingerprint density at radius 1 is 0.412 bits per heavy atom. The molecule has 4 rings (SSSR count). The van der Waals surface area contributed by atoms with Crippen LogP contribution in [0.1, 0.15) is 0 Å². The molecule has 0 atom stereocenters. The van der Waals surface area contributed by atoms with Gasteiger partial charge >= 0.3 is 33.6 Å². The van der Waals surface area contributed by atoms with Gasteiger partial charge in [0.2, 0.25) is 0 Å². The molecule has 4 aromatic rings. The Labute approximate surface area is 310 Å². The van der Waals surface area contributed by atoms with Crippen LogP contribution in [0, 0.1) is 0 Å². The molecule has 0 saturated carbocycles. The first-order chi connectivity index (χ1) is 20.2. The first kappa shape index (κ1) is 68.2. The van der Waals surface area contributed by atoms with Crippen molar-refractivity contribution in [2.45, 2.75) is 0 Å². The van der Waals surface area contributed by atoms with E-state index in [-0.39, 0.29) is 71.9 Å². The Kier molecular flexibility index (Phi) is 57.7. The molecular formula is C28H40Co2N4O17+2. The second-order valence-corrected chi connectivity index (χ2v) is 7.33. The molecule has 4 heterocycles. The maximum Gasteiger partial charge on any atom is 2.00 e. The second-order valence-electron chi connectivity index (χ2n) is 7.33. The van der Waals surface area contributed by atoms with Crippen LogP contribution in [-0.2, 0) is 73.2 Å². The molecule has 23 heteroatoms. The number of carbonyl (C=O) groups is 4. The van der Waals surface area contributed by atoms with Crippen LogP contribution in [0.25, 0.3) is 22.8 Å². The molecule has 0 saturated heterocycles. The third-order valence-corrected chi connectivity index (χ3v) is 4.06. The maximum absolute atomic E-state index is 9.53. The number of pyridine rings is 4. The Bertz CT molecular complexity index is 1150.